The van der Waals surface area contributed by atoms with Crippen LogP contribution < -0.4 is 0 Å². The first-order valence-corrected chi connectivity index (χ1v) is 4.93. The summed E-state index contributed by atoms with van der Waals surface area (Å²) in [5, 5.41) is 8.41. The summed E-state index contributed by atoms with van der Waals surface area (Å²) in [6, 6.07) is 2.02. The molecule has 14 heavy (non-hydrogen) atoms. The van der Waals surface area contributed by atoms with Crippen LogP contribution in [0.15, 0.2) is 12.2 Å². The van der Waals surface area contributed by atoms with Crippen LogP contribution in [0.4, 0.5) is 0 Å². The Labute approximate surface area is 85.3 Å². The average Bonchev–Trinajstić information content (AvgIpc) is 2.65. The Kier molecular flexibility index (Phi) is 4.64. The fourth-order valence-corrected chi connectivity index (χ4v) is 2.13. The van der Waals surface area contributed by atoms with Crippen LogP contribution in [0.25, 0.3) is 0 Å². The number of hydrogen-bond acceptors (Lipinski definition) is 3. The van der Waals surface area contributed by atoms with E-state index in [1.54, 1.807) is 20.3 Å². The van der Waals surface area contributed by atoms with Crippen molar-refractivity contribution in [2.75, 3.05) is 14.2 Å². The first kappa shape index (κ1) is 11.2. The lowest BCUT2D eigenvalue weighted by Crippen LogP contribution is -2.22. The molecule has 2 unspecified atom stereocenters. The van der Waals surface area contributed by atoms with E-state index >= 15 is 0 Å². The fourth-order valence-electron chi connectivity index (χ4n) is 2.13. The highest BCUT2D eigenvalue weighted by atomic mass is 16.7. The first-order valence-electron chi connectivity index (χ1n) is 4.93. The molecule has 0 spiro atoms. The van der Waals surface area contributed by atoms with Gasteiger partial charge in [-0.15, -0.1) is 0 Å². The zero-order valence-corrected chi connectivity index (χ0v) is 8.77. The van der Waals surface area contributed by atoms with Crippen LogP contribution in [0.1, 0.15) is 19.3 Å². The van der Waals surface area contributed by atoms with Crippen LogP contribution in [0.5, 0.6) is 0 Å². The molecule has 2 atom stereocenters. The van der Waals surface area contributed by atoms with Gasteiger partial charge in [-0.1, -0.05) is 6.08 Å². The van der Waals surface area contributed by atoms with Crippen molar-refractivity contribution in [3.63, 3.8) is 0 Å². The van der Waals surface area contributed by atoms with Gasteiger partial charge in [-0.05, 0) is 25.2 Å². The number of rotatable bonds is 4. The third kappa shape index (κ3) is 2.83. The van der Waals surface area contributed by atoms with Crippen molar-refractivity contribution < 1.29 is 9.47 Å². The number of nitriles is 1. The summed E-state index contributed by atoms with van der Waals surface area (Å²) in [4.78, 5) is 0. The van der Waals surface area contributed by atoms with E-state index in [0.29, 0.717) is 11.8 Å². The van der Waals surface area contributed by atoms with Gasteiger partial charge in [-0.2, -0.15) is 5.26 Å². The van der Waals surface area contributed by atoms with Gasteiger partial charge >= 0.3 is 0 Å². The molecule has 0 saturated heterocycles. The maximum absolute atomic E-state index is 8.41. The third-order valence-corrected chi connectivity index (χ3v) is 2.81. The van der Waals surface area contributed by atoms with Gasteiger partial charge in [0.1, 0.15) is 0 Å². The molecule has 0 bridgehead atoms. The molecule has 0 heterocycles. The maximum Gasteiger partial charge on any atom is 0.159 e. The normalized spacial score (nSPS) is 27.3. The molecular weight excluding hydrogens is 178 g/mol. The van der Waals surface area contributed by atoms with Crippen molar-refractivity contribution in [1.29, 1.82) is 5.26 Å². The Morgan fingerprint density at radius 1 is 1.36 bits per heavy atom. The van der Waals surface area contributed by atoms with Gasteiger partial charge < -0.3 is 9.47 Å². The summed E-state index contributed by atoms with van der Waals surface area (Å²) < 4.78 is 10.4. The van der Waals surface area contributed by atoms with Gasteiger partial charge in [0, 0.05) is 26.2 Å². The highest BCUT2D eigenvalue weighted by Crippen LogP contribution is 2.34. The lowest BCUT2D eigenvalue weighted by atomic mass is 10.0. The average molecular weight is 195 g/mol. The van der Waals surface area contributed by atoms with Crippen LogP contribution in [0.3, 0.4) is 0 Å². The van der Waals surface area contributed by atoms with Crippen LogP contribution in [-0.2, 0) is 9.47 Å². The van der Waals surface area contributed by atoms with Crippen LogP contribution in [-0.4, -0.2) is 20.5 Å². The molecule has 0 aromatic heterocycles. The Hall–Kier alpha value is -0.850. The highest BCUT2D eigenvalue weighted by Gasteiger charge is 2.29. The predicted octanol–water partition coefficient (Wildman–Crippen LogP) is 2.10. The van der Waals surface area contributed by atoms with Crippen molar-refractivity contribution in [1.82, 2.24) is 0 Å². The van der Waals surface area contributed by atoms with E-state index in [4.69, 9.17) is 14.7 Å². The summed E-state index contributed by atoms with van der Waals surface area (Å²) in [5.74, 6) is 0.991. The number of ether oxygens (including phenoxy) is 2. The SMILES string of the molecule is COC(OC)C1CCC(/C=C/C#N)C1. The molecule has 1 saturated carbocycles. The summed E-state index contributed by atoms with van der Waals surface area (Å²) in [5.41, 5.74) is 0. The predicted molar refractivity (Wildman–Crippen MR) is 53.4 cm³/mol. The summed E-state index contributed by atoms with van der Waals surface area (Å²) >= 11 is 0. The smallest absolute Gasteiger partial charge is 0.159 e. The number of hydrogen-bond donors (Lipinski definition) is 0. The summed E-state index contributed by atoms with van der Waals surface area (Å²) in [6.07, 6.45) is 6.78. The molecule has 0 aromatic rings. The molecule has 1 aliphatic rings. The van der Waals surface area contributed by atoms with Crippen LogP contribution in [0, 0.1) is 23.2 Å². The molecule has 3 nitrogen and oxygen atoms in total. The molecule has 0 N–H and O–H groups in total. The molecule has 3 heteroatoms. The molecule has 1 rings (SSSR count). The fraction of sp³-hybridized carbons (Fsp3) is 0.727. The third-order valence-electron chi connectivity index (χ3n) is 2.81. The maximum atomic E-state index is 8.41. The molecule has 0 amide bonds. The molecule has 1 fully saturated rings. The van der Waals surface area contributed by atoms with Gasteiger partial charge in [0.25, 0.3) is 0 Å². The lowest BCUT2D eigenvalue weighted by molar-refractivity contribution is -0.135. The van der Waals surface area contributed by atoms with Gasteiger partial charge in [0.15, 0.2) is 6.29 Å². The Balaban J connectivity index is 2.40. The standard InChI is InChI=1S/C11H17NO2/c1-13-11(14-2)10-6-5-9(8-10)4-3-7-12/h3-4,9-11H,5-6,8H2,1-2H3/b4-3+. The van der Waals surface area contributed by atoms with Crippen molar-refractivity contribution >= 4 is 0 Å². The van der Waals surface area contributed by atoms with Crippen molar-refractivity contribution in [2.45, 2.75) is 25.6 Å². The van der Waals surface area contributed by atoms with E-state index < -0.39 is 0 Å². The minimum Gasteiger partial charge on any atom is -0.356 e. The summed E-state index contributed by atoms with van der Waals surface area (Å²) in [6.45, 7) is 0. The van der Waals surface area contributed by atoms with Gasteiger partial charge in [-0.25, -0.2) is 0 Å². The molecule has 78 valence electrons. The Bertz CT molecular complexity index is 228. The van der Waals surface area contributed by atoms with Gasteiger partial charge in [-0.3, -0.25) is 0 Å². The quantitative estimate of drug-likeness (QED) is 0.509. The zero-order valence-electron chi connectivity index (χ0n) is 8.77. The van der Waals surface area contributed by atoms with E-state index in [2.05, 4.69) is 0 Å². The Morgan fingerprint density at radius 2 is 2.07 bits per heavy atom. The van der Waals surface area contributed by atoms with Crippen LogP contribution >= 0.6 is 0 Å². The van der Waals surface area contributed by atoms with E-state index in [9.17, 15) is 0 Å². The monoisotopic (exact) mass is 195 g/mol. The second kappa shape index (κ2) is 5.79. The molecule has 1 aliphatic carbocycles. The molecule has 0 aliphatic heterocycles. The lowest BCUT2D eigenvalue weighted by Gasteiger charge is -2.19. The minimum atomic E-state index is -0.0875. The number of nitrogens with zero attached hydrogens (tertiary/aromatic N) is 1. The van der Waals surface area contributed by atoms with Crippen LogP contribution in [0.2, 0.25) is 0 Å². The minimum absolute atomic E-state index is 0.0875. The highest BCUT2D eigenvalue weighted by molar-refractivity contribution is 5.05. The van der Waals surface area contributed by atoms with E-state index in [1.165, 1.54) is 0 Å². The Morgan fingerprint density at radius 3 is 2.64 bits per heavy atom. The van der Waals surface area contributed by atoms with Crippen molar-refractivity contribution in [2.24, 2.45) is 11.8 Å². The number of methoxy groups -OCH3 is 2. The molecular formula is C11H17NO2. The molecule has 0 aromatic carbocycles. The topological polar surface area (TPSA) is 42.2 Å². The largest absolute Gasteiger partial charge is 0.356 e. The van der Waals surface area contributed by atoms with Gasteiger partial charge in [0.05, 0.1) is 6.07 Å². The summed E-state index contributed by atoms with van der Waals surface area (Å²) in [7, 11) is 3.35. The van der Waals surface area contributed by atoms with E-state index in [-0.39, 0.29) is 6.29 Å². The van der Waals surface area contributed by atoms with E-state index in [0.717, 1.165) is 19.3 Å². The van der Waals surface area contributed by atoms with Crippen molar-refractivity contribution in [3.05, 3.63) is 12.2 Å². The van der Waals surface area contributed by atoms with Crippen molar-refractivity contribution in [3.8, 4) is 6.07 Å². The van der Waals surface area contributed by atoms with Gasteiger partial charge in [0.2, 0.25) is 0 Å². The van der Waals surface area contributed by atoms with E-state index in [1.807, 2.05) is 12.1 Å². The first-order chi connectivity index (χ1) is 6.81. The second-order valence-corrected chi connectivity index (χ2v) is 3.66. The molecule has 0 radical (unpaired) electrons. The zero-order chi connectivity index (χ0) is 10.4. The second-order valence-electron chi connectivity index (χ2n) is 3.66. The number of allylic oxidation sites excluding steroid dienone is 2.